The van der Waals surface area contributed by atoms with Crippen molar-refractivity contribution < 1.29 is 14.3 Å². The van der Waals surface area contributed by atoms with Gasteiger partial charge in [0.15, 0.2) is 0 Å². The van der Waals surface area contributed by atoms with Crippen LogP contribution in [-0.2, 0) is 0 Å². The van der Waals surface area contributed by atoms with Crippen LogP contribution in [0.1, 0.15) is 12.5 Å². The third kappa shape index (κ3) is 4.05. The van der Waals surface area contributed by atoms with Crippen LogP contribution in [-0.4, -0.2) is 12.7 Å². The van der Waals surface area contributed by atoms with Crippen molar-refractivity contribution in [2.45, 2.75) is 13.8 Å². The van der Waals surface area contributed by atoms with Crippen molar-refractivity contribution in [3.63, 3.8) is 0 Å². The molecule has 0 fully saturated rings. The van der Waals surface area contributed by atoms with Gasteiger partial charge in [-0.3, -0.25) is 5.32 Å². The Morgan fingerprint density at radius 2 is 2.05 bits per heavy atom. The second kappa shape index (κ2) is 7.04. The van der Waals surface area contributed by atoms with E-state index in [2.05, 4.69) is 5.32 Å². The van der Waals surface area contributed by atoms with Crippen LogP contribution >= 0.6 is 11.6 Å². The summed E-state index contributed by atoms with van der Waals surface area (Å²) in [6, 6.07) is 10.0. The molecule has 1 amide bonds. The zero-order valence-electron chi connectivity index (χ0n) is 12.4. The lowest BCUT2D eigenvalue weighted by atomic mass is 10.2. The van der Waals surface area contributed by atoms with Crippen LogP contribution in [0.25, 0.3) is 0 Å². The first-order chi connectivity index (χ1) is 10.5. The van der Waals surface area contributed by atoms with Crippen LogP contribution < -0.4 is 20.5 Å². The summed E-state index contributed by atoms with van der Waals surface area (Å²) >= 11 is 5.91. The molecule has 0 atom stereocenters. The van der Waals surface area contributed by atoms with E-state index in [9.17, 15) is 4.79 Å². The first kappa shape index (κ1) is 16.0. The van der Waals surface area contributed by atoms with Gasteiger partial charge in [-0.25, -0.2) is 4.79 Å². The van der Waals surface area contributed by atoms with Crippen LogP contribution in [0.5, 0.6) is 11.5 Å². The number of carbonyl (C=O) groups excluding carboxylic acids is 1. The number of aryl methyl sites for hydroxylation is 1. The zero-order valence-corrected chi connectivity index (χ0v) is 13.1. The highest BCUT2D eigenvalue weighted by atomic mass is 35.5. The number of hydrogen-bond donors (Lipinski definition) is 2. The van der Waals surface area contributed by atoms with E-state index in [4.69, 9.17) is 26.8 Å². The fourth-order valence-electron chi connectivity index (χ4n) is 1.85. The highest BCUT2D eigenvalue weighted by molar-refractivity contribution is 6.31. The maximum Gasteiger partial charge on any atom is 0.417 e. The van der Waals surface area contributed by atoms with E-state index >= 15 is 0 Å². The topological polar surface area (TPSA) is 73.6 Å². The van der Waals surface area contributed by atoms with Crippen LogP contribution in [0, 0.1) is 6.92 Å². The predicted molar refractivity (Wildman–Crippen MR) is 87.9 cm³/mol. The fraction of sp³-hybridized carbons (Fsp3) is 0.188. The first-order valence-electron chi connectivity index (χ1n) is 6.77. The highest BCUT2D eigenvalue weighted by Crippen LogP contribution is 2.27. The van der Waals surface area contributed by atoms with Gasteiger partial charge in [0.1, 0.15) is 11.5 Å². The monoisotopic (exact) mass is 320 g/mol. The Balaban J connectivity index is 2.06. The number of nitrogens with two attached hydrogens (primary N) is 1. The maximum atomic E-state index is 11.9. The van der Waals surface area contributed by atoms with E-state index in [0.29, 0.717) is 34.5 Å². The summed E-state index contributed by atoms with van der Waals surface area (Å²) in [5, 5.41) is 3.17. The third-order valence-electron chi connectivity index (χ3n) is 2.93. The lowest BCUT2D eigenvalue weighted by Gasteiger charge is -2.11. The number of anilines is 2. The van der Waals surface area contributed by atoms with Crippen LogP contribution in [0.2, 0.25) is 5.02 Å². The molecule has 5 nitrogen and oxygen atoms in total. The average molecular weight is 321 g/mol. The number of amides is 1. The Hall–Kier alpha value is -2.40. The molecule has 0 saturated heterocycles. The average Bonchev–Trinajstić information content (AvgIpc) is 2.46. The molecule has 116 valence electrons. The van der Waals surface area contributed by atoms with E-state index in [1.165, 1.54) is 6.07 Å². The SMILES string of the molecule is CCOc1ccc(OC(=O)Nc2cc(Cl)ccc2C)cc1N. The molecule has 0 aliphatic heterocycles. The molecule has 6 heteroatoms. The minimum atomic E-state index is -0.617. The third-order valence-corrected chi connectivity index (χ3v) is 3.16. The van der Waals surface area contributed by atoms with Crippen molar-refractivity contribution in [2.24, 2.45) is 0 Å². The summed E-state index contributed by atoms with van der Waals surface area (Å²) in [6.07, 6.45) is -0.617. The Bertz CT molecular complexity index is 689. The number of nitrogens with one attached hydrogen (secondary N) is 1. The molecule has 0 aliphatic rings. The van der Waals surface area contributed by atoms with E-state index < -0.39 is 6.09 Å². The van der Waals surface area contributed by atoms with Crippen molar-refractivity contribution in [2.75, 3.05) is 17.7 Å². The molecule has 0 bridgehead atoms. The quantitative estimate of drug-likeness (QED) is 0.826. The van der Waals surface area contributed by atoms with Gasteiger partial charge >= 0.3 is 6.09 Å². The highest BCUT2D eigenvalue weighted by Gasteiger charge is 2.09. The summed E-state index contributed by atoms with van der Waals surface area (Å²) in [6.45, 7) is 4.24. The molecule has 0 unspecified atom stereocenters. The Morgan fingerprint density at radius 1 is 1.27 bits per heavy atom. The van der Waals surface area contributed by atoms with Crippen LogP contribution in [0.15, 0.2) is 36.4 Å². The van der Waals surface area contributed by atoms with Gasteiger partial charge < -0.3 is 15.2 Å². The molecule has 0 heterocycles. The second-order valence-electron chi connectivity index (χ2n) is 4.61. The number of hydrogen-bond acceptors (Lipinski definition) is 4. The van der Waals surface area contributed by atoms with Crippen molar-refractivity contribution in [3.8, 4) is 11.5 Å². The van der Waals surface area contributed by atoms with Gasteiger partial charge in [0.05, 0.1) is 12.3 Å². The largest absolute Gasteiger partial charge is 0.492 e. The van der Waals surface area contributed by atoms with Crippen molar-refractivity contribution >= 4 is 29.1 Å². The molecular formula is C16H17ClN2O3. The van der Waals surface area contributed by atoms with Gasteiger partial charge in [0.2, 0.25) is 0 Å². The maximum absolute atomic E-state index is 11.9. The molecule has 2 rings (SSSR count). The summed E-state index contributed by atoms with van der Waals surface area (Å²) < 4.78 is 10.5. The Labute approximate surface area is 134 Å². The number of nitrogen functional groups attached to an aromatic ring is 1. The smallest absolute Gasteiger partial charge is 0.417 e. The van der Waals surface area contributed by atoms with E-state index in [0.717, 1.165) is 5.56 Å². The minimum Gasteiger partial charge on any atom is -0.492 e. The summed E-state index contributed by atoms with van der Waals surface area (Å²) in [5.41, 5.74) is 7.71. The van der Waals surface area contributed by atoms with Gasteiger partial charge in [0.25, 0.3) is 0 Å². The van der Waals surface area contributed by atoms with Crippen LogP contribution in [0.3, 0.4) is 0 Å². The molecule has 0 aliphatic carbocycles. The standard InChI is InChI=1S/C16H17ClN2O3/c1-3-21-15-7-6-12(9-13(15)18)22-16(20)19-14-8-11(17)5-4-10(14)2/h4-9H,3,18H2,1-2H3,(H,19,20). The molecule has 0 radical (unpaired) electrons. The molecule has 22 heavy (non-hydrogen) atoms. The van der Waals surface area contributed by atoms with Crippen LogP contribution in [0.4, 0.5) is 16.2 Å². The van der Waals surface area contributed by atoms with Crippen molar-refractivity contribution in [3.05, 3.63) is 47.0 Å². The number of carbonyl (C=O) groups is 1. The van der Waals surface area contributed by atoms with E-state index in [1.807, 2.05) is 19.9 Å². The molecule has 3 N–H and O–H groups in total. The molecule has 0 aromatic heterocycles. The number of rotatable bonds is 4. The lowest BCUT2D eigenvalue weighted by molar-refractivity contribution is 0.215. The second-order valence-corrected chi connectivity index (χ2v) is 5.04. The van der Waals surface area contributed by atoms with Gasteiger partial charge in [-0.2, -0.15) is 0 Å². The van der Waals surface area contributed by atoms with Crippen molar-refractivity contribution in [1.29, 1.82) is 0 Å². The normalized spacial score (nSPS) is 10.1. The first-order valence-corrected chi connectivity index (χ1v) is 7.14. The van der Waals surface area contributed by atoms with Gasteiger partial charge in [-0.05, 0) is 43.7 Å². The molecule has 0 spiro atoms. The minimum absolute atomic E-state index is 0.332. The van der Waals surface area contributed by atoms with Gasteiger partial charge in [0, 0.05) is 16.8 Å². The zero-order chi connectivity index (χ0) is 16.1. The van der Waals surface area contributed by atoms with Crippen molar-refractivity contribution in [1.82, 2.24) is 0 Å². The fourth-order valence-corrected chi connectivity index (χ4v) is 2.02. The van der Waals surface area contributed by atoms with E-state index in [-0.39, 0.29) is 0 Å². The Morgan fingerprint density at radius 3 is 2.73 bits per heavy atom. The number of halogens is 1. The molecule has 0 saturated carbocycles. The van der Waals surface area contributed by atoms with Gasteiger partial charge in [-0.15, -0.1) is 0 Å². The molecule has 2 aromatic rings. The lowest BCUT2D eigenvalue weighted by Crippen LogP contribution is -2.17. The van der Waals surface area contributed by atoms with Gasteiger partial charge in [-0.1, -0.05) is 17.7 Å². The summed E-state index contributed by atoms with van der Waals surface area (Å²) in [4.78, 5) is 11.9. The summed E-state index contributed by atoms with van der Waals surface area (Å²) in [7, 11) is 0. The Kier molecular flexibility index (Phi) is 5.12. The number of ether oxygens (including phenoxy) is 2. The molecule has 2 aromatic carbocycles. The number of benzene rings is 2. The van der Waals surface area contributed by atoms with E-state index in [1.54, 1.807) is 24.3 Å². The predicted octanol–water partition coefficient (Wildman–Crippen LogP) is 4.24. The molecular weight excluding hydrogens is 304 g/mol. The summed E-state index contributed by atoms with van der Waals surface area (Å²) in [5.74, 6) is 0.888.